The fourth-order valence-electron chi connectivity index (χ4n) is 1.91. The number of aromatic nitrogens is 1. The van der Waals surface area contributed by atoms with E-state index in [-0.39, 0.29) is 6.61 Å². The normalized spacial score (nSPS) is 12.5. The fourth-order valence-corrected chi connectivity index (χ4v) is 3.11. The van der Waals surface area contributed by atoms with Gasteiger partial charge >= 0.3 is 0 Å². The van der Waals surface area contributed by atoms with Crippen LogP contribution in [0, 0.1) is 0 Å². The van der Waals surface area contributed by atoms with E-state index in [0.29, 0.717) is 26.8 Å². The minimum atomic E-state index is -0.679. The van der Waals surface area contributed by atoms with Gasteiger partial charge in [-0.3, -0.25) is 0 Å². The van der Waals surface area contributed by atoms with E-state index < -0.39 is 6.10 Å². The maximum absolute atomic E-state index is 10.0. The van der Waals surface area contributed by atoms with Gasteiger partial charge in [0, 0.05) is 10.8 Å². The first-order chi connectivity index (χ1) is 11.1. The maximum Gasteiger partial charge on any atom is 0.256 e. The van der Waals surface area contributed by atoms with E-state index in [9.17, 15) is 5.11 Å². The minimum absolute atomic E-state index is 0.120. The molecule has 0 unspecified atom stereocenters. The Morgan fingerprint density at radius 2 is 2.04 bits per heavy atom. The third-order valence-electron chi connectivity index (χ3n) is 3.00. The first-order valence-corrected chi connectivity index (χ1v) is 8.60. The van der Waals surface area contributed by atoms with Gasteiger partial charge in [-0.15, -0.1) is 0 Å². The highest BCUT2D eigenvalue weighted by atomic mass is 35.5. The molecule has 0 aliphatic rings. The molecule has 0 aliphatic heterocycles. The molecule has 120 valence electrons. The van der Waals surface area contributed by atoms with Crippen LogP contribution in [-0.4, -0.2) is 28.6 Å². The number of benzene rings is 2. The lowest BCUT2D eigenvalue weighted by atomic mass is 10.3. The van der Waals surface area contributed by atoms with Gasteiger partial charge in [-0.05, 0) is 30.3 Å². The number of hydrogen-bond donors (Lipinski definition) is 1. The van der Waals surface area contributed by atoms with Crippen molar-refractivity contribution in [2.45, 2.75) is 11.3 Å². The number of fused-ring (bicyclic) bond motifs is 1. The Kier molecular flexibility index (Phi) is 5.33. The lowest BCUT2D eigenvalue weighted by molar-refractivity contribution is 0.126. The van der Waals surface area contributed by atoms with Gasteiger partial charge in [-0.25, -0.2) is 4.98 Å². The predicted molar refractivity (Wildman–Crippen MR) is 92.7 cm³/mol. The summed E-state index contributed by atoms with van der Waals surface area (Å²) in [6.45, 7) is 0.120. The second-order valence-corrected chi connectivity index (χ2v) is 6.61. The van der Waals surface area contributed by atoms with Gasteiger partial charge in [0.05, 0.1) is 11.1 Å². The first-order valence-electron chi connectivity index (χ1n) is 6.86. The third-order valence-corrected chi connectivity index (χ3v) is 4.50. The predicted octanol–water partition coefficient (Wildman–Crippen LogP) is 4.67. The average molecular weight is 370 g/mol. The number of nitrogens with zero attached hydrogens (tertiary/aromatic N) is 1. The van der Waals surface area contributed by atoms with Crippen LogP contribution >= 0.6 is 35.0 Å². The number of rotatable bonds is 6. The van der Waals surface area contributed by atoms with Crippen molar-refractivity contribution in [3.05, 3.63) is 52.5 Å². The molecule has 7 heteroatoms. The zero-order valence-corrected chi connectivity index (χ0v) is 14.2. The van der Waals surface area contributed by atoms with E-state index in [2.05, 4.69) is 4.98 Å². The molecule has 0 bridgehead atoms. The number of oxazole rings is 1. The molecule has 0 saturated heterocycles. The van der Waals surface area contributed by atoms with E-state index in [1.165, 1.54) is 11.8 Å². The van der Waals surface area contributed by atoms with Crippen molar-refractivity contribution in [3.8, 4) is 5.75 Å². The van der Waals surface area contributed by atoms with Gasteiger partial charge in [0.1, 0.15) is 17.9 Å². The van der Waals surface area contributed by atoms with Crippen LogP contribution in [-0.2, 0) is 0 Å². The van der Waals surface area contributed by atoms with Crippen molar-refractivity contribution in [1.29, 1.82) is 0 Å². The van der Waals surface area contributed by atoms with Crippen LogP contribution in [0.15, 0.2) is 52.1 Å². The number of para-hydroxylation sites is 2. The number of ether oxygens (including phenoxy) is 1. The van der Waals surface area contributed by atoms with E-state index in [0.717, 1.165) is 11.1 Å². The average Bonchev–Trinajstić information content (AvgIpc) is 2.95. The Bertz CT molecular complexity index is 776. The lowest BCUT2D eigenvalue weighted by Crippen LogP contribution is -2.20. The summed E-state index contributed by atoms with van der Waals surface area (Å²) in [6, 6.07) is 12.5. The van der Waals surface area contributed by atoms with E-state index in [1.807, 2.05) is 24.3 Å². The van der Waals surface area contributed by atoms with Crippen molar-refractivity contribution in [1.82, 2.24) is 4.98 Å². The molecule has 4 nitrogen and oxygen atoms in total. The molecule has 2 aromatic carbocycles. The van der Waals surface area contributed by atoms with Crippen LogP contribution in [0.1, 0.15) is 0 Å². The summed E-state index contributed by atoms with van der Waals surface area (Å²) in [5.74, 6) is 0.889. The van der Waals surface area contributed by atoms with Crippen LogP contribution in [0.2, 0.25) is 10.0 Å². The van der Waals surface area contributed by atoms with Crippen LogP contribution in [0.25, 0.3) is 11.1 Å². The summed E-state index contributed by atoms with van der Waals surface area (Å²) < 4.78 is 11.1. The Morgan fingerprint density at radius 1 is 1.22 bits per heavy atom. The third kappa shape index (κ3) is 4.32. The zero-order valence-electron chi connectivity index (χ0n) is 11.9. The molecule has 0 aliphatic carbocycles. The largest absolute Gasteiger partial charge is 0.489 e. The summed E-state index contributed by atoms with van der Waals surface area (Å²) in [5, 5.41) is 11.5. The Morgan fingerprint density at radius 3 is 2.83 bits per heavy atom. The van der Waals surface area contributed by atoms with Crippen LogP contribution in [0.4, 0.5) is 0 Å². The molecular formula is C16H13Cl2NO3S. The number of aliphatic hydroxyl groups is 1. The second kappa shape index (κ2) is 7.45. The highest BCUT2D eigenvalue weighted by Crippen LogP contribution is 2.28. The van der Waals surface area contributed by atoms with Crippen LogP contribution in [0.5, 0.6) is 5.75 Å². The van der Waals surface area contributed by atoms with Gasteiger partial charge < -0.3 is 14.3 Å². The molecule has 1 heterocycles. The summed E-state index contributed by atoms with van der Waals surface area (Å²) in [6.07, 6.45) is -0.679. The minimum Gasteiger partial charge on any atom is -0.489 e. The van der Waals surface area contributed by atoms with Crippen molar-refractivity contribution in [2.75, 3.05) is 12.4 Å². The Hall–Kier alpha value is -1.40. The van der Waals surface area contributed by atoms with E-state index in [1.54, 1.807) is 18.2 Å². The quantitative estimate of drug-likeness (QED) is 0.640. The molecule has 23 heavy (non-hydrogen) atoms. The van der Waals surface area contributed by atoms with Crippen molar-refractivity contribution in [3.63, 3.8) is 0 Å². The molecule has 0 fully saturated rings. The fraction of sp³-hybridized carbons (Fsp3) is 0.188. The summed E-state index contributed by atoms with van der Waals surface area (Å²) in [5.41, 5.74) is 1.53. The summed E-state index contributed by atoms with van der Waals surface area (Å²) >= 11 is 13.2. The molecule has 0 radical (unpaired) electrons. The molecule has 3 aromatic rings. The molecule has 1 aromatic heterocycles. The second-order valence-electron chi connectivity index (χ2n) is 4.80. The molecule has 1 atom stereocenters. The van der Waals surface area contributed by atoms with E-state index >= 15 is 0 Å². The van der Waals surface area contributed by atoms with Gasteiger partial charge in [0.15, 0.2) is 5.58 Å². The highest BCUT2D eigenvalue weighted by molar-refractivity contribution is 7.99. The van der Waals surface area contributed by atoms with Gasteiger partial charge in [-0.1, -0.05) is 47.1 Å². The maximum atomic E-state index is 10.0. The molecule has 0 spiro atoms. The zero-order chi connectivity index (χ0) is 16.2. The molecule has 0 amide bonds. The van der Waals surface area contributed by atoms with Crippen LogP contribution < -0.4 is 4.74 Å². The number of aliphatic hydroxyl groups excluding tert-OH is 1. The van der Waals surface area contributed by atoms with Gasteiger partial charge in [-0.2, -0.15) is 0 Å². The first kappa shape index (κ1) is 16.5. The van der Waals surface area contributed by atoms with Gasteiger partial charge in [0.25, 0.3) is 5.22 Å². The topological polar surface area (TPSA) is 55.5 Å². The number of halogens is 2. The van der Waals surface area contributed by atoms with Crippen molar-refractivity contribution < 1.29 is 14.3 Å². The molecular weight excluding hydrogens is 357 g/mol. The van der Waals surface area contributed by atoms with Gasteiger partial charge in [0.2, 0.25) is 0 Å². The Labute approximate surface area is 147 Å². The molecule has 1 N–H and O–H groups in total. The van der Waals surface area contributed by atoms with Crippen LogP contribution in [0.3, 0.4) is 0 Å². The Balaban J connectivity index is 1.52. The summed E-state index contributed by atoms with van der Waals surface area (Å²) in [7, 11) is 0. The molecule has 3 rings (SSSR count). The van der Waals surface area contributed by atoms with E-state index in [4.69, 9.17) is 32.4 Å². The number of thioether (sulfide) groups is 1. The smallest absolute Gasteiger partial charge is 0.256 e. The molecule has 0 saturated carbocycles. The van der Waals surface area contributed by atoms with Crippen molar-refractivity contribution >= 4 is 46.1 Å². The monoisotopic (exact) mass is 369 g/mol. The lowest BCUT2D eigenvalue weighted by Gasteiger charge is -2.12. The summed E-state index contributed by atoms with van der Waals surface area (Å²) in [4.78, 5) is 4.34. The van der Waals surface area contributed by atoms with Crippen molar-refractivity contribution in [2.24, 2.45) is 0 Å². The highest BCUT2D eigenvalue weighted by Gasteiger charge is 2.12. The standard InChI is InChI=1S/C16H13Cl2NO3S/c17-10-5-6-14(12(18)7-10)21-8-11(20)9-23-16-19-13-3-1-2-4-15(13)22-16/h1-7,11,20H,8-9H2/t11-/m1/s1. The SMILES string of the molecule is O[C@H](COc1ccc(Cl)cc1Cl)CSc1nc2ccccc2o1. The number of hydrogen-bond acceptors (Lipinski definition) is 5.